The van der Waals surface area contributed by atoms with Gasteiger partial charge in [0.1, 0.15) is 0 Å². The lowest BCUT2D eigenvalue weighted by Crippen LogP contribution is -2.28. The molecule has 6 nitrogen and oxygen atoms in total. The number of thiazole rings is 1. The first-order valence-corrected chi connectivity index (χ1v) is 7.12. The number of urea groups is 1. The maximum Gasteiger partial charge on any atom is 0.319 e. The Morgan fingerprint density at radius 2 is 2.10 bits per heavy atom. The Bertz CT molecular complexity index is 654. The molecule has 1 heterocycles. The SMILES string of the molecule is Cc1ncc(CNC(=O)Nc2ccccc2CC(=O)O)s1. The number of carbonyl (C=O) groups is 2. The average Bonchev–Trinajstić information content (AvgIpc) is 2.84. The molecule has 2 aromatic rings. The van der Waals surface area contributed by atoms with E-state index in [1.807, 2.05) is 6.92 Å². The molecule has 0 unspecified atom stereocenters. The van der Waals surface area contributed by atoms with Crippen LogP contribution in [-0.2, 0) is 17.8 Å². The van der Waals surface area contributed by atoms with E-state index in [1.165, 1.54) is 11.3 Å². The molecule has 1 aromatic carbocycles. The summed E-state index contributed by atoms with van der Waals surface area (Å²) in [6.07, 6.45) is 1.59. The molecule has 0 aliphatic rings. The van der Waals surface area contributed by atoms with Crippen LogP contribution in [0.2, 0.25) is 0 Å². The number of hydrogen-bond acceptors (Lipinski definition) is 4. The predicted octanol–water partition coefficient (Wildman–Crippen LogP) is 2.40. The number of anilines is 1. The van der Waals surface area contributed by atoms with Gasteiger partial charge in [0.25, 0.3) is 0 Å². The first-order valence-electron chi connectivity index (χ1n) is 6.30. The molecule has 110 valence electrons. The van der Waals surface area contributed by atoms with Gasteiger partial charge in [-0.15, -0.1) is 11.3 Å². The van der Waals surface area contributed by atoms with E-state index in [9.17, 15) is 9.59 Å². The number of aryl methyl sites for hydroxylation is 1. The fourth-order valence-electron chi connectivity index (χ4n) is 1.78. The molecule has 0 bridgehead atoms. The van der Waals surface area contributed by atoms with Gasteiger partial charge in [-0.3, -0.25) is 4.79 Å². The summed E-state index contributed by atoms with van der Waals surface area (Å²) in [5.74, 6) is -0.940. The minimum Gasteiger partial charge on any atom is -0.481 e. The van der Waals surface area contributed by atoms with Crippen molar-refractivity contribution in [1.29, 1.82) is 0 Å². The van der Waals surface area contributed by atoms with Gasteiger partial charge in [0.2, 0.25) is 0 Å². The normalized spacial score (nSPS) is 10.1. The van der Waals surface area contributed by atoms with E-state index in [0.717, 1.165) is 9.88 Å². The summed E-state index contributed by atoms with van der Waals surface area (Å²) in [7, 11) is 0. The maximum atomic E-state index is 11.8. The number of amides is 2. The molecule has 1 aromatic heterocycles. The van der Waals surface area contributed by atoms with E-state index in [1.54, 1.807) is 30.5 Å². The molecular formula is C14H15N3O3S. The van der Waals surface area contributed by atoms with Crippen LogP contribution in [0.3, 0.4) is 0 Å². The van der Waals surface area contributed by atoms with Crippen LogP contribution in [0.1, 0.15) is 15.4 Å². The number of carboxylic acids is 1. The highest BCUT2D eigenvalue weighted by molar-refractivity contribution is 7.11. The van der Waals surface area contributed by atoms with Crippen molar-refractivity contribution >= 4 is 29.0 Å². The fourth-order valence-corrected chi connectivity index (χ4v) is 2.51. The lowest BCUT2D eigenvalue weighted by atomic mass is 10.1. The first-order chi connectivity index (χ1) is 10.0. The van der Waals surface area contributed by atoms with Gasteiger partial charge in [0.05, 0.1) is 18.0 Å². The Kier molecular flexibility index (Phi) is 4.89. The van der Waals surface area contributed by atoms with Gasteiger partial charge >= 0.3 is 12.0 Å². The zero-order valence-corrected chi connectivity index (χ0v) is 12.2. The molecule has 2 amide bonds. The third-order valence-electron chi connectivity index (χ3n) is 2.70. The third kappa shape index (κ3) is 4.57. The highest BCUT2D eigenvalue weighted by Gasteiger charge is 2.09. The smallest absolute Gasteiger partial charge is 0.319 e. The van der Waals surface area contributed by atoms with Crippen LogP contribution in [0, 0.1) is 6.92 Å². The Balaban J connectivity index is 1.94. The van der Waals surface area contributed by atoms with Crippen molar-refractivity contribution in [1.82, 2.24) is 10.3 Å². The lowest BCUT2D eigenvalue weighted by Gasteiger charge is -2.10. The molecule has 0 radical (unpaired) electrons. The molecule has 21 heavy (non-hydrogen) atoms. The number of para-hydroxylation sites is 1. The van der Waals surface area contributed by atoms with Gasteiger partial charge in [-0.05, 0) is 18.6 Å². The molecule has 0 saturated heterocycles. The minimum atomic E-state index is -0.940. The van der Waals surface area contributed by atoms with Crippen molar-refractivity contribution < 1.29 is 14.7 Å². The Morgan fingerprint density at radius 1 is 1.33 bits per heavy atom. The molecule has 7 heteroatoms. The van der Waals surface area contributed by atoms with Gasteiger partial charge in [-0.1, -0.05) is 18.2 Å². The van der Waals surface area contributed by atoms with Crippen LogP contribution in [-0.4, -0.2) is 22.1 Å². The largest absolute Gasteiger partial charge is 0.481 e. The van der Waals surface area contributed by atoms with Crippen molar-refractivity contribution in [3.63, 3.8) is 0 Å². The van der Waals surface area contributed by atoms with E-state index in [4.69, 9.17) is 5.11 Å². The number of hydrogen-bond donors (Lipinski definition) is 3. The molecular weight excluding hydrogens is 290 g/mol. The van der Waals surface area contributed by atoms with Gasteiger partial charge in [0.15, 0.2) is 0 Å². The van der Waals surface area contributed by atoms with E-state index >= 15 is 0 Å². The molecule has 0 saturated carbocycles. The second kappa shape index (κ2) is 6.85. The Hall–Kier alpha value is -2.41. The van der Waals surface area contributed by atoms with Crippen molar-refractivity contribution in [3.8, 4) is 0 Å². The number of carboxylic acid groups (broad SMARTS) is 1. The van der Waals surface area contributed by atoms with E-state index < -0.39 is 5.97 Å². The summed E-state index contributed by atoms with van der Waals surface area (Å²) in [6, 6.07) is 6.46. The predicted molar refractivity (Wildman–Crippen MR) is 80.5 cm³/mol. The maximum absolute atomic E-state index is 11.8. The minimum absolute atomic E-state index is 0.134. The third-order valence-corrected chi connectivity index (χ3v) is 3.61. The Labute approximate surface area is 125 Å². The molecule has 2 rings (SSSR count). The standard InChI is InChI=1S/C14H15N3O3S/c1-9-15-7-11(21-9)8-16-14(20)17-12-5-3-2-4-10(12)6-13(18)19/h2-5,7H,6,8H2,1H3,(H,18,19)(H2,16,17,20). The highest BCUT2D eigenvalue weighted by Crippen LogP contribution is 2.16. The number of rotatable bonds is 5. The van der Waals surface area contributed by atoms with Crippen LogP contribution in [0.15, 0.2) is 30.5 Å². The molecule has 0 aliphatic heterocycles. The topological polar surface area (TPSA) is 91.3 Å². The monoisotopic (exact) mass is 305 g/mol. The summed E-state index contributed by atoms with van der Waals surface area (Å²) in [5, 5.41) is 15.2. The highest BCUT2D eigenvalue weighted by atomic mass is 32.1. The van der Waals surface area contributed by atoms with E-state index in [-0.39, 0.29) is 12.5 Å². The van der Waals surface area contributed by atoms with Gasteiger partial charge in [-0.2, -0.15) is 0 Å². The summed E-state index contributed by atoms with van der Waals surface area (Å²) >= 11 is 1.52. The molecule has 0 fully saturated rings. The number of nitrogens with one attached hydrogen (secondary N) is 2. The quantitative estimate of drug-likeness (QED) is 0.791. The van der Waals surface area contributed by atoms with Crippen molar-refractivity contribution in [2.24, 2.45) is 0 Å². The number of aromatic nitrogens is 1. The molecule has 0 spiro atoms. The van der Waals surface area contributed by atoms with Crippen LogP contribution < -0.4 is 10.6 Å². The van der Waals surface area contributed by atoms with E-state index in [0.29, 0.717) is 17.8 Å². The van der Waals surface area contributed by atoms with Crippen molar-refractivity contribution in [3.05, 3.63) is 45.9 Å². The van der Waals surface area contributed by atoms with Gasteiger partial charge < -0.3 is 15.7 Å². The number of benzene rings is 1. The number of carbonyl (C=O) groups excluding carboxylic acids is 1. The number of nitrogens with zero attached hydrogens (tertiary/aromatic N) is 1. The van der Waals surface area contributed by atoms with Gasteiger partial charge in [0, 0.05) is 16.8 Å². The average molecular weight is 305 g/mol. The molecule has 0 atom stereocenters. The Morgan fingerprint density at radius 3 is 2.76 bits per heavy atom. The zero-order chi connectivity index (χ0) is 15.2. The second-order valence-electron chi connectivity index (χ2n) is 4.38. The molecule has 0 aliphatic carbocycles. The zero-order valence-electron chi connectivity index (χ0n) is 11.4. The van der Waals surface area contributed by atoms with Crippen LogP contribution in [0.25, 0.3) is 0 Å². The molecule has 3 N–H and O–H groups in total. The van der Waals surface area contributed by atoms with Crippen LogP contribution >= 0.6 is 11.3 Å². The van der Waals surface area contributed by atoms with Crippen molar-refractivity contribution in [2.45, 2.75) is 19.9 Å². The van der Waals surface area contributed by atoms with Crippen molar-refractivity contribution in [2.75, 3.05) is 5.32 Å². The van der Waals surface area contributed by atoms with Crippen LogP contribution in [0.5, 0.6) is 0 Å². The second-order valence-corrected chi connectivity index (χ2v) is 5.70. The fraction of sp³-hybridized carbons (Fsp3) is 0.214. The summed E-state index contributed by atoms with van der Waals surface area (Å²) in [6.45, 7) is 2.29. The summed E-state index contributed by atoms with van der Waals surface area (Å²) < 4.78 is 0. The number of aliphatic carboxylic acids is 1. The van der Waals surface area contributed by atoms with E-state index in [2.05, 4.69) is 15.6 Å². The lowest BCUT2D eigenvalue weighted by molar-refractivity contribution is -0.136. The first kappa shape index (κ1) is 15.0. The van der Waals surface area contributed by atoms with Crippen LogP contribution in [0.4, 0.5) is 10.5 Å². The van der Waals surface area contributed by atoms with Gasteiger partial charge in [-0.25, -0.2) is 9.78 Å². The summed E-state index contributed by atoms with van der Waals surface area (Å²) in [4.78, 5) is 27.7. The summed E-state index contributed by atoms with van der Waals surface area (Å²) in [5.41, 5.74) is 1.06.